The summed E-state index contributed by atoms with van der Waals surface area (Å²) in [6, 6.07) is 7.92. The van der Waals surface area contributed by atoms with E-state index < -0.39 is 0 Å². The van der Waals surface area contributed by atoms with Gasteiger partial charge in [0, 0.05) is 22.8 Å². The minimum Gasteiger partial charge on any atom is -0.312 e. The Kier molecular flexibility index (Phi) is 5.21. The van der Waals surface area contributed by atoms with Crippen LogP contribution in [0.2, 0.25) is 5.02 Å². The third-order valence-corrected chi connectivity index (χ3v) is 3.53. The van der Waals surface area contributed by atoms with Crippen LogP contribution in [0.5, 0.6) is 0 Å². The lowest BCUT2D eigenvalue weighted by Gasteiger charge is -2.08. The van der Waals surface area contributed by atoms with Gasteiger partial charge in [-0.2, -0.15) is 5.10 Å². The number of aromatic nitrogens is 2. The van der Waals surface area contributed by atoms with E-state index in [-0.39, 0.29) is 0 Å². The van der Waals surface area contributed by atoms with Gasteiger partial charge in [0.15, 0.2) is 0 Å². The number of nitrogens with zero attached hydrogens (tertiary/aromatic N) is 2. The van der Waals surface area contributed by atoms with Crippen molar-refractivity contribution in [3.8, 4) is 0 Å². The Morgan fingerprint density at radius 1 is 1.35 bits per heavy atom. The van der Waals surface area contributed by atoms with Gasteiger partial charge in [0.2, 0.25) is 0 Å². The molecule has 1 heterocycles. The molecule has 0 unspecified atom stereocenters. The number of rotatable bonds is 6. The van der Waals surface area contributed by atoms with E-state index in [1.54, 1.807) is 0 Å². The number of nitrogens with one attached hydrogen (secondary N) is 1. The maximum absolute atomic E-state index is 6.01. The zero-order valence-corrected chi connectivity index (χ0v) is 13.1. The summed E-state index contributed by atoms with van der Waals surface area (Å²) in [5, 5.41) is 8.70. The number of halogens is 1. The van der Waals surface area contributed by atoms with Crippen molar-refractivity contribution in [2.24, 2.45) is 5.92 Å². The van der Waals surface area contributed by atoms with Crippen molar-refractivity contribution >= 4 is 11.6 Å². The first-order valence-corrected chi connectivity index (χ1v) is 7.40. The highest BCUT2D eigenvalue weighted by Gasteiger charge is 2.07. The summed E-state index contributed by atoms with van der Waals surface area (Å²) in [7, 11) is 0. The summed E-state index contributed by atoms with van der Waals surface area (Å²) in [6.45, 7) is 9.20. The topological polar surface area (TPSA) is 29.9 Å². The van der Waals surface area contributed by atoms with Crippen LogP contribution in [-0.2, 0) is 13.1 Å². The normalized spacial score (nSPS) is 11.2. The summed E-state index contributed by atoms with van der Waals surface area (Å²) in [5.74, 6) is 0.664. The van der Waals surface area contributed by atoms with Crippen molar-refractivity contribution < 1.29 is 0 Å². The van der Waals surface area contributed by atoms with Crippen LogP contribution in [0.1, 0.15) is 30.7 Å². The van der Waals surface area contributed by atoms with E-state index in [0.717, 1.165) is 24.7 Å². The van der Waals surface area contributed by atoms with Crippen molar-refractivity contribution in [1.82, 2.24) is 15.1 Å². The van der Waals surface area contributed by atoms with E-state index in [1.165, 1.54) is 16.8 Å². The lowest BCUT2D eigenvalue weighted by atomic mass is 10.2. The molecule has 0 spiro atoms. The maximum Gasteiger partial charge on any atom is 0.0663 e. The molecular formula is C16H22ClN3. The molecule has 0 bridgehead atoms. The SMILES string of the molecule is Cc1c(CNCC(C)C)cnn1Cc1cccc(Cl)c1. The van der Waals surface area contributed by atoms with Crippen molar-refractivity contribution in [2.45, 2.75) is 33.9 Å². The Bertz CT molecular complexity index is 561. The van der Waals surface area contributed by atoms with Gasteiger partial charge in [0.25, 0.3) is 0 Å². The van der Waals surface area contributed by atoms with E-state index in [2.05, 4.69) is 37.3 Å². The minimum atomic E-state index is 0.664. The van der Waals surface area contributed by atoms with Crippen LogP contribution in [0.25, 0.3) is 0 Å². The van der Waals surface area contributed by atoms with Crippen LogP contribution in [0, 0.1) is 12.8 Å². The average Bonchev–Trinajstić information content (AvgIpc) is 2.71. The fraction of sp³-hybridized carbons (Fsp3) is 0.438. The Morgan fingerprint density at radius 3 is 2.85 bits per heavy atom. The molecule has 1 aromatic carbocycles. The van der Waals surface area contributed by atoms with Crippen LogP contribution in [0.3, 0.4) is 0 Å². The molecule has 0 aliphatic rings. The predicted octanol–water partition coefficient (Wildman–Crippen LogP) is 3.64. The van der Waals surface area contributed by atoms with Gasteiger partial charge < -0.3 is 5.32 Å². The minimum absolute atomic E-state index is 0.664. The molecule has 0 amide bonds. The second kappa shape index (κ2) is 6.91. The summed E-state index contributed by atoms with van der Waals surface area (Å²) >= 11 is 6.01. The Labute approximate surface area is 126 Å². The van der Waals surface area contributed by atoms with Crippen LogP contribution in [-0.4, -0.2) is 16.3 Å². The lowest BCUT2D eigenvalue weighted by Crippen LogP contribution is -2.19. The molecule has 108 valence electrons. The Hall–Kier alpha value is -1.32. The third-order valence-electron chi connectivity index (χ3n) is 3.29. The predicted molar refractivity (Wildman–Crippen MR) is 84.1 cm³/mol. The second-order valence-corrected chi connectivity index (χ2v) is 6.00. The molecule has 2 rings (SSSR count). The third kappa shape index (κ3) is 4.09. The fourth-order valence-electron chi connectivity index (χ4n) is 2.12. The van der Waals surface area contributed by atoms with E-state index in [0.29, 0.717) is 5.92 Å². The van der Waals surface area contributed by atoms with Gasteiger partial charge in [0.05, 0.1) is 12.7 Å². The van der Waals surface area contributed by atoms with Gasteiger partial charge in [-0.1, -0.05) is 37.6 Å². The molecule has 0 saturated carbocycles. The van der Waals surface area contributed by atoms with Crippen molar-refractivity contribution in [2.75, 3.05) is 6.54 Å². The highest BCUT2D eigenvalue weighted by atomic mass is 35.5. The van der Waals surface area contributed by atoms with Gasteiger partial charge in [-0.05, 0) is 37.1 Å². The summed E-state index contributed by atoms with van der Waals surface area (Å²) in [5.41, 5.74) is 3.64. The summed E-state index contributed by atoms with van der Waals surface area (Å²) in [4.78, 5) is 0. The average molecular weight is 292 g/mol. The second-order valence-electron chi connectivity index (χ2n) is 5.57. The van der Waals surface area contributed by atoms with Gasteiger partial charge >= 0.3 is 0 Å². The molecule has 1 N–H and O–H groups in total. The van der Waals surface area contributed by atoms with Crippen LogP contribution in [0.15, 0.2) is 30.5 Å². The van der Waals surface area contributed by atoms with Crippen molar-refractivity contribution in [3.05, 3.63) is 52.3 Å². The molecule has 4 heteroatoms. The monoisotopic (exact) mass is 291 g/mol. The largest absolute Gasteiger partial charge is 0.312 e. The van der Waals surface area contributed by atoms with Gasteiger partial charge in [-0.15, -0.1) is 0 Å². The summed E-state index contributed by atoms with van der Waals surface area (Å²) < 4.78 is 2.03. The standard InChI is InChI=1S/C16H22ClN3/c1-12(2)8-18-9-15-10-19-20(13(15)3)11-14-5-4-6-16(17)7-14/h4-7,10,12,18H,8-9,11H2,1-3H3. The molecule has 0 radical (unpaired) electrons. The molecule has 0 atom stereocenters. The number of benzene rings is 1. The number of hydrogen-bond donors (Lipinski definition) is 1. The van der Waals surface area contributed by atoms with Crippen LogP contribution < -0.4 is 5.32 Å². The maximum atomic E-state index is 6.01. The zero-order valence-electron chi connectivity index (χ0n) is 12.4. The van der Waals surface area contributed by atoms with Crippen molar-refractivity contribution in [3.63, 3.8) is 0 Å². The van der Waals surface area contributed by atoms with E-state index >= 15 is 0 Å². The first-order valence-electron chi connectivity index (χ1n) is 7.02. The Balaban J connectivity index is 2.01. The van der Waals surface area contributed by atoms with E-state index in [4.69, 9.17) is 11.6 Å². The molecular weight excluding hydrogens is 270 g/mol. The number of hydrogen-bond acceptors (Lipinski definition) is 2. The molecule has 0 fully saturated rings. The molecule has 0 aliphatic heterocycles. The fourth-order valence-corrected chi connectivity index (χ4v) is 2.33. The first-order chi connectivity index (χ1) is 9.56. The van der Waals surface area contributed by atoms with Crippen LogP contribution in [0.4, 0.5) is 0 Å². The van der Waals surface area contributed by atoms with Gasteiger partial charge in [0.1, 0.15) is 0 Å². The molecule has 20 heavy (non-hydrogen) atoms. The van der Waals surface area contributed by atoms with Gasteiger partial charge in [-0.25, -0.2) is 0 Å². The Morgan fingerprint density at radius 2 is 2.15 bits per heavy atom. The molecule has 2 aromatic rings. The van der Waals surface area contributed by atoms with Gasteiger partial charge in [-0.3, -0.25) is 4.68 Å². The zero-order chi connectivity index (χ0) is 14.5. The quantitative estimate of drug-likeness (QED) is 0.880. The van der Waals surface area contributed by atoms with E-state index in [9.17, 15) is 0 Å². The smallest absolute Gasteiger partial charge is 0.0663 e. The van der Waals surface area contributed by atoms with E-state index in [1.807, 2.05) is 29.1 Å². The first kappa shape index (κ1) is 15.1. The molecule has 1 aromatic heterocycles. The lowest BCUT2D eigenvalue weighted by molar-refractivity contribution is 0.551. The molecule has 0 saturated heterocycles. The highest BCUT2D eigenvalue weighted by molar-refractivity contribution is 6.30. The van der Waals surface area contributed by atoms with Crippen LogP contribution >= 0.6 is 11.6 Å². The van der Waals surface area contributed by atoms with Crippen molar-refractivity contribution in [1.29, 1.82) is 0 Å². The molecule has 0 aliphatic carbocycles. The summed E-state index contributed by atoms with van der Waals surface area (Å²) in [6.07, 6.45) is 1.95. The molecule has 3 nitrogen and oxygen atoms in total. The highest BCUT2D eigenvalue weighted by Crippen LogP contribution is 2.14.